The molecule has 48 heavy (non-hydrogen) atoms. The normalized spacial score (nSPS) is 12.0. The molecule has 0 aliphatic heterocycles. The first-order chi connectivity index (χ1) is 23.2. The minimum Gasteiger partial charge on any atom is -0.508 e. The van der Waals surface area contributed by atoms with Crippen LogP contribution in [-0.4, -0.2) is 20.4 Å². The molecular formula is C44H34O4. The number of phenols is 4. The summed E-state index contributed by atoms with van der Waals surface area (Å²) in [6.07, 6.45) is 0.357. The maximum Gasteiger partial charge on any atom is 0.120 e. The third-order valence-electron chi connectivity index (χ3n) is 10.0. The van der Waals surface area contributed by atoms with E-state index in [4.69, 9.17) is 0 Å². The van der Waals surface area contributed by atoms with Crippen molar-refractivity contribution in [3.8, 4) is 34.1 Å². The van der Waals surface area contributed by atoms with E-state index < -0.39 is 5.41 Å². The largest absolute Gasteiger partial charge is 0.508 e. The van der Waals surface area contributed by atoms with Gasteiger partial charge >= 0.3 is 0 Å². The highest BCUT2D eigenvalue weighted by molar-refractivity contribution is 6.08. The Bertz CT molecular complexity index is 2560. The van der Waals surface area contributed by atoms with Gasteiger partial charge in [-0.15, -0.1) is 0 Å². The predicted molar refractivity (Wildman–Crippen MR) is 196 cm³/mol. The number of aromatic hydroxyl groups is 4. The Labute approximate surface area is 278 Å². The molecule has 0 heterocycles. The summed E-state index contributed by atoms with van der Waals surface area (Å²) in [6, 6.07) is 42.8. The first kappa shape index (κ1) is 29.4. The minimum absolute atomic E-state index is 0.164. The molecule has 0 radical (unpaired) electrons. The molecule has 4 heteroatoms. The molecule has 0 fully saturated rings. The first-order valence-corrected chi connectivity index (χ1v) is 16.1. The zero-order chi connectivity index (χ0) is 33.2. The van der Waals surface area contributed by atoms with E-state index in [1.807, 2.05) is 111 Å². The van der Waals surface area contributed by atoms with E-state index in [0.717, 1.165) is 76.5 Å². The fourth-order valence-electron chi connectivity index (χ4n) is 7.80. The van der Waals surface area contributed by atoms with Crippen molar-refractivity contribution in [2.24, 2.45) is 0 Å². The molecule has 0 amide bonds. The Hall–Kier alpha value is -6.00. The Kier molecular flexibility index (Phi) is 6.78. The molecule has 8 rings (SSSR count). The average molecular weight is 627 g/mol. The van der Waals surface area contributed by atoms with Crippen molar-refractivity contribution in [1.82, 2.24) is 0 Å². The van der Waals surface area contributed by atoms with Crippen LogP contribution in [0.1, 0.15) is 36.1 Å². The Morgan fingerprint density at radius 2 is 0.812 bits per heavy atom. The molecule has 0 bridgehead atoms. The fourth-order valence-corrected chi connectivity index (χ4v) is 7.80. The summed E-state index contributed by atoms with van der Waals surface area (Å²) < 4.78 is 0. The van der Waals surface area contributed by atoms with Gasteiger partial charge < -0.3 is 20.4 Å². The zero-order valence-corrected chi connectivity index (χ0v) is 26.7. The topological polar surface area (TPSA) is 80.9 Å². The summed E-state index contributed by atoms with van der Waals surface area (Å²) in [6.45, 7) is 4.09. The summed E-state index contributed by atoms with van der Waals surface area (Å²) in [5, 5.41) is 52.5. The van der Waals surface area contributed by atoms with Crippen molar-refractivity contribution in [2.45, 2.75) is 25.7 Å². The second kappa shape index (κ2) is 11.1. The molecule has 0 spiro atoms. The molecule has 0 aliphatic carbocycles. The zero-order valence-electron chi connectivity index (χ0n) is 26.7. The Morgan fingerprint density at radius 1 is 0.375 bits per heavy atom. The molecule has 0 aliphatic rings. The van der Waals surface area contributed by atoms with Crippen LogP contribution in [0.3, 0.4) is 0 Å². The van der Waals surface area contributed by atoms with Crippen molar-refractivity contribution >= 4 is 43.1 Å². The maximum absolute atomic E-state index is 11.5. The van der Waals surface area contributed by atoms with Crippen LogP contribution >= 0.6 is 0 Å². The molecule has 0 aromatic heterocycles. The molecule has 4 nitrogen and oxygen atoms in total. The van der Waals surface area contributed by atoms with Gasteiger partial charge in [0.1, 0.15) is 23.0 Å². The van der Waals surface area contributed by atoms with Crippen molar-refractivity contribution in [2.75, 3.05) is 0 Å². The van der Waals surface area contributed by atoms with Crippen LogP contribution in [0.15, 0.2) is 133 Å². The van der Waals surface area contributed by atoms with E-state index >= 15 is 0 Å². The van der Waals surface area contributed by atoms with Gasteiger partial charge in [0.2, 0.25) is 0 Å². The number of rotatable bonds is 5. The van der Waals surface area contributed by atoms with Gasteiger partial charge in [-0.05, 0) is 78.5 Å². The number of benzene rings is 8. The third-order valence-corrected chi connectivity index (χ3v) is 10.0. The van der Waals surface area contributed by atoms with Crippen LogP contribution < -0.4 is 0 Å². The number of fused-ring (bicyclic) bond motifs is 4. The Morgan fingerprint density at radius 3 is 1.48 bits per heavy atom. The molecular weight excluding hydrogens is 592 g/mol. The quantitative estimate of drug-likeness (QED) is 0.153. The van der Waals surface area contributed by atoms with Gasteiger partial charge in [-0.3, -0.25) is 0 Å². The summed E-state index contributed by atoms with van der Waals surface area (Å²) in [5.74, 6) is 0.720. The molecule has 0 atom stereocenters. The molecule has 0 saturated heterocycles. The van der Waals surface area contributed by atoms with Crippen LogP contribution in [0.4, 0.5) is 0 Å². The minimum atomic E-state index is -0.759. The molecule has 8 aromatic carbocycles. The Balaban J connectivity index is 1.33. The summed E-state index contributed by atoms with van der Waals surface area (Å²) >= 11 is 0. The summed E-state index contributed by atoms with van der Waals surface area (Å²) in [4.78, 5) is 0. The SMILES string of the molecule is CC(C)(c1c(O)ccc2ccccc12)c1c(O)ccc2c(-c3cccc4c(Cc5c(O)ccc6ccccc56)c(O)ccc34)cccc12. The van der Waals surface area contributed by atoms with Gasteiger partial charge in [-0.25, -0.2) is 0 Å². The van der Waals surface area contributed by atoms with Crippen LogP contribution in [-0.2, 0) is 11.8 Å². The van der Waals surface area contributed by atoms with Crippen molar-refractivity contribution < 1.29 is 20.4 Å². The first-order valence-electron chi connectivity index (χ1n) is 16.1. The van der Waals surface area contributed by atoms with Gasteiger partial charge in [0.15, 0.2) is 0 Å². The summed E-state index contributed by atoms with van der Waals surface area (Å²) in [7, 11) is 0. The molecule has 4 N–H and O–H groups in total. The molecule has 0 unspecified atom stereocenters. The van der Waals surface area contributed by atoms with Crippen molar-refractivity contribution in [3.05, 3.63) is 156 Å². The standard InChI is InChI=1S/C44H34O4/c1-44(2,42-29-12-6-4-10-27(29)18-22-40(42)47)43-35-16-8-14-31(34(35)20-24-41(43)48)30-13-7-15-32-33(30)19-23-39(46)37(32)25-36-28-11-5-3-9-26(28)17-21-38(36)45/h3-24,45-48H,25H2,1-2H3. The molecule has 234 valence electrons. The average Bonchev–Trinajstić information content (AvgIpc) is 3.09. The van der Waals surface area contributed by atoms with E-state index in [2.05, 4.69) is 12.1 Å². The lowest BCUT2D eigenvalue weighted by molar-refractivity contribution is 0.439. The highest BCUT2D eigenvalue weighted by Crippen LogP contribution is 2.48. The molecule has 8 aromatic rings. The van der Waals surface area contributed by atoms with Gasteiger partial charge in [0.25, 0.3) is 0 Å². The third kappa shape index (κ3) is 4.52. The van der Waals surface area contributed by atoms with E-state index in [1.54, 1.807) is 24.3 Å². The fraction of sp³-hybridized carbons (Fsp3) is 0.0909. The van der Waals surface area contributed by atoms with Gasteiger partial charge in [-0.1, -0.05) is 123 Å². The monoisotopic (exact) mass is 626 g/mol. The van der Waals surface area contributed by atoms with Crippen LogP contribution in [0.2, 0.25) is 0 Å². The maximum atomic E-state index is 11.5. The van der Waals surface area contributed by atoms with E-state index in [9.17, 15) is 20.4 Å². The van der Waals surface area contributed by atoms with Crippen molar-refractivity contribution in [1.29, 1.82) is 0 Å². The van der Waals surface area contributed by atoms with E-state index in [0.29, 0.717) is 6.42 Å². The lowest BCUT2D eigenvalue weighted by Gasteiger charge is -2.31. The highest BCUT2D eigenvalue weighted by Gasteiger charge is 2.33. The lowest BCUT2D eigenvalue weighted by Crippen LogP contribution is -2.20. The van der Waals surface area contributed by atoms with Crippen LogP contribution in [0, 0.1) is 0 Å². The second-order valence-electron chi connectivity index (χ2n) is 13.1. The molecule has 0 saturated carbocycles. The number of hydrogen-bond acceptors (Lipinski definition) is 4. The summed E-state index contributed by atoms with van der Waals surface area (Å²) in [5.41, 5.74) is 4.23. The smallest absolute Gasteiger partial charge is 0.120 e. The highest BCUT2D eigenvalue weighted by atomic mass is 16.3. The van der Waals surface area contributed by atoms with E-state index in [1.165, 1.54) is 0 Å². The van der Waals surface area contributed by atoms with Gasteiger partial charge in [-0.2, -0.15) is 0 Å². The van der Waals surface area contributed by atoms with Gasteiger partial charge in [0.05, 0.1) is 0 Å². The number of hydrogen-bond donors (Lipinski definition) is 4. The lowest BCUT2D eigenvalue weighted by atomic mass is 9.73. The van der Waals surface area contributed by atoms with Crippen LogP contribution in [0.5, 0.6) is 23.0 Å². The second-order valence-corrected chi connectivity index (χ2v) is 13.1. The van der Waals surface area contributed by atoms with Crippen molar-refractivity contribution in [3.63, 3.8) is 0 Å². The number of phenolic OH excluding ortho intramolecular Hbond substituents is 4. The van der Waals surface area contributed by atoms with Gasteiger partial charge in [0, 0.05) is 34.1 Å². The van der Waals surface area contributed by atoms with Crippen LogP contribution in [0.25, 0.3) is 54.2 Å². The van der Waals surface area contributed by atoms with E-state index in [-0.39, 0.29) is 23.0 Å². The predicted octanol–water partition coefficient (Wildman–Crippen LogP) is 10.7.